The van der Waals surface area contributed by atoms with Crippen LogP contribution in [-0.4, -0.2) is 26.7 Å². The first-order valence-corrected chi connectivity index (χ1v) is 7.02. The van der Waals surface area contributed by atoms with Crippen molar-refractivity contribution in [1.82, 2.24) is 5.32 Å². The highest BCUT2D eigenvalue weighted by atomic mass is 15.1. The third-order valence-corrected chi connectivity index (χ3v) is 4.53. The summed E-state index contributed by atoms with van der Waals surface area (Å²) in [4.78, 5) is 2.41. The molecule has 0 saturated carbocycles. The first-order valence-electron chi connectivity index (χ1n) is 7.02. The summed E-state index contributed by atoms with van der Waals surface area (Å²) in [7, 11) is 2.22. The molecule has 1 heterocycles. The smallest absolute Gasteiger partial charge is 0.0363 e. The molecule has 0 bridgehead atoms. The van der Waals surface area contributed by atoms with Gasteiger partial charge >= 0.3 is 0 Å². The van der Waals surface area contributed by atoms with Gasteiger partial charge in [-0.2, -0.15) is 0 Å². The fourth-order valence-electron chi connectivity index (χ4n) is 2.94. The van der Waals surface area contributed by atoms with Crippen LogP contribution < -0.4 is 10.2 Å². The minimum Gasteiger partial charge on any atom is -0.374 e. The zero-order valence-corrected chi connectivity index (χ0v) is 12.2. The van der Waals surface area contributed by atoms with Crippen LogP contribution in [-0.2, 0) is 0 Å². The summed E-state index contributed by atoms with van der Waals surface area (Å²) in [6.07, 6.45) is 1.29. The summed E-state index contributed by atoms with van der Waals surface area (Å²) in [5.74, 6) is 0.723. The van der Waals surface area contributed by atoms with E-state index in [4.69, 9.17) is 0 Å². The molecule has 1 aliphatic rings. The maximum absolute atomic E-state index is 3.53. The van der Waals surface area contributed by atoms with Crippen LogP contribution in [0.2, 0.25) is 0 Å². The summed E-state index contributed by atoms with van der Waals surface area (Å²) in [5, 5.41) is 3.53. The number of benzene rings is 1. The molecule has 0 radical (unpaired) electrons. The molecule has 2 heteroatoms. The number of nitrogens with zero attached hydrogens (tertiary/aromatic N) is 1. The van der Waals surface area contributed by atoms with Crippen LogP contribution in [0, 0.1) is 18.3 Å². The van der Waals surface area contributed by atoms with Crippen LogP contribution in [0.3, 0.4) is 0 Å². The van der Waals surface area contributed by atoms with E-state index in [0.29, 0.717) is 5.41 Å². The fourth-order valence-corrected chi connectivity index (χ4v) is 2.94. The molecule has 1 atom stereocenters. The second-order valence-corrected chi connectivity index (χ2v) is 6.14. The molecule has 18 heavy (non-hydrogen) atoms. The van der Waals surface area contributed by atoms with E-state index in [-0.39, 0.29) is 0 Å². The highest BCUT2D eigenvalue weighted by molar-refractivity contribution is 5.47. The Labute approximate surface area is 111 Å². The van der Waals surface area contributed by atoms with Gasteiger partial charge in [0.15, 0.2) is 0 Å². The van der Waals surface area contributed by atoms with Crippen LogP contribution in [0.4, 0.5) is 5.69 Å². The Balaban J connectivity index is 2.09. The van der Waals surface area contributed by atoms with Crippen LogP contribution in [0.5, 0.6) is 0 Å². The summed E-state index contributed by atoms with van der Waals surface area (Å²) in [5.41, 5.74) is 3.08. The molecule has 1 fully saturated rings. The average Bonchev–Trinajstić information content (AvgIpc) is 2.79. The van der Waals surface area contributed by atoms with Crippen LogP contribution in [0.1, 0.15) is 25.8 Å². The van der Waals surface area contributed by atoms with Gasteiger partial charge in [-0.25, -0.2) is 0 Å². The molecule has 1 aliphatic heterocycles. The molecule has 100 valence electrons. The van der Waals surface area contributed by atoms with E-state index in [1.807, 2.05) is 0 Å². The van der Waals surface area contributed by atoms with Crippen molar-refractivity contribution < 1.29 is 0 Å². The largest absolute Gasteiger partial charge is 0.374 e. The van der Waals surface area contributed by atoms with Crippen LogP contribution in [0.25, 0.3) is 0 Å². The van der Waals surface area contributed by atoms with E-state index in [1.165, 1.54) is 24.2 Å². The van der Waals surface area contributed by atoms with Gasteiger partial charge in [-0.1, -0.05) is 31.5 Å². The topological polar surface area (TPSA) is 15.3 Å². The second-order valence-electron chi connectivity index (χ2n) is 6.14. The first-order chi connectivity index (χ1) is 8.53. The van der Waals surface area contributed by atoms with E-state index in [2.05, 4.69) is 62.3 Å². The number of rotatable bonds is 4. The van der Waals surface area contributed by atoms with Gasteiger partial charge in [0.1, 0.15) is 0 Å². The number of hydrogen-bond donors (Lipinski definition) is 1. The Kier molecular flexibility index (Phi) is 3.96. The number of aryl methyl sites for hydroxylation is 1. The van der Waals surface area contributed by atoms with Crippen LogP contribution in [0.15, 0.2) is 24.3 Å². The quantitative estimate of drug-likeness (QED) is 0.878. The maximum atomic E-state index is 3.53. The Morgan fingerprint density at radius 1 is 1.28 bits per heavy atom. The number of hydrogen-bond acceptors (Lipinski definition) is 2. The molecule has 2 nitrogen and oxygen atoms in total. The van der Waals surface area contributed by atoms with Gasteiger partial charge in [-0.15, -0.1) is 0 Å². The minimum atomic E-state index is 0.430. The van der Waals surface area contributed by atoms with Crippen molar-refractivity contribution in [3.8, 4) is 0 Å². The van der Waals surface area contributed by atoms with E-state index < -0.39 is 0 Å². The number of nitrogens with one attached hydrogen (secondary N) is 1. The highest BCUT2D eigenvalue weighted by Crippen LogP contribution is 2.35. The fraction of sp³-hybridized carbons (Fsp3) is 0.625. The molecular formula is C16H26N2. The number of anilines is 1. The summed E-state index contributed by atoms with van der Waals surface area (Å²) in [6, 6.07) is 8.85. The second kappa shape index (κ2) is 5.31. The maximum Gasteiger partial charge on any atom is 0.0363 e. The van der Waals surface area contributed by atoms with Gasteiger partial charge in [0, 0.05) is 31.2 Å². The summed E-state index contributed by atoms with van der Waals surface area (Å²) < 4.78 is 0. The van der Waals surface area contributed by atoms with Gasteiger partial charge in [0.05, 0.1) is 0 Å². The van der Waals surface area contributed by atoms with Gasteiger partial charge in [0.25, 0.3) is 0 Å². The van der Waals surface area contributed by atoms with Crippen molar-refractivity contribution in [3.63, 3.8) is 0 Å². The minimum absolute atomic E-state index is 0.430. The summed E-state index contributed by atoms with van der Waals surface area (Å²) in [6.45, 7) is 10.3. The predicted octanol–water partition coefficient (Wildman–Crippen LogP) is 3.07. The third kappa shape index (κ3) is 2.69. The van der Waals surface area contributed by atoms with Gasteiger partial charge in [-0.3, -0.25) is 0 Å². The van der Waals surface area contributed by atoms with E-state index >= 15 is 0 Å². The average molecular weight is 246 g/mol. The highest BCUT2D eigenvalue weighted by Gasteiger charge is 2.37. The lowest BCUT2D eigenvalue weighted by Gasteiger charge is -2.37. The van der Waals surface area contributed by atoms with Crippen molar-refractivity contribution in [2.75, 3.05) is 31.6 Å². The molecule has 0 aliphatic carbocycles. The Bertz CT molecular complexity index is 375. The van der Waals surface area contributed by atoms with Crippen molar-refractivity contribution >= 4 is 5.69 Å². The normalized spacial score (nSPS) is 23.6. The zero-order chi connectivity index (χ0) is 13.2. The van der Waals surface area contributed by atoms with E-state index in [9.17, 15) is 0 Å². The molecular weight excluding hydrogens is 220 g/mol. The van der Waals surface area contributed by atoms with Crippen molar-refractivity contribution in [3.05, 3.63) is 29.8 Å². The lowest BCUT2D eigenvalue weighted by Crippen LogP contribution is -2.41. The van der Waals surface area contributed by atoms with Crippen LogP contribution >= 0.6 is 0 Å². The molecule has 0 aromatic heterocycles. The third-order valence-electron chi connectivity index (χ3n) is 4.53. The van der Waals surface area contributed by atoms with E-state index in [0.717, 1.165) is 19.0 Å². The lowest BCUT2D eigenvalue weighted by molar-refractivity contribution is 0.226. The van der Waals surface area contributed by atoms with Gasteiger partial charge in [0.2, 0.25) is 0 Å². The van der Waals surface area contributed by atoms with Crippen molar-refractivity contribution in [2.45, 2.75) is 27.2 Å². The van der Waals surface area contributed by atoms with Crippen molar-refractivity contribution in [2.24, 2.45) is 11.3 Å². The Morgan fingerprint density at radius 2 is 1.94 bits per heavy atom. The lowest BCUT2D eigenvalue weighted by atomic mass is 9.76. The molecule has 0 spiro atoms. The molecule has 0 amide bonds. The van der Waals surface area contributed by atoms with E-state index in [1.54, 1.807) is 0 Å². The molecule has 1 N–H and O–H groups in total. The Hall–Kier alpha value is -1.02. The first kappa shape index (κ1) is 13.4. The molecule has 1 saturated heterocycles. The van der Waals surface area contributed by atoms with Crippen molar-refractivity contribution in [1.29, 1.82) is 0 Å². The standard InChI is InChI=1S/C16H26N2/c1-13(2)16(9-10-17-11-16)12-18(4)15-7-5-14(3)6-8-15/h5-8,13,17H,9-12H2,1-4H3. The van der Waals surface area contributed by atoms with Gasteiger partial charge in [-0.05, 0) is 37.9 Å². The zero-order valence-electron chi connectivity index (χ0n) is 12.2. The Morgan fingerprint density at radius 3 is 2.44 bits per heavy atom. The molecule has 1 aromatic carbocycles. The summed E-state index contributed by atoms with van der Waals surface area (Å²) >= 11 is 0. The molecule has 1 unspecified atom stereocenters. The van der Waals surface area contributed by atoms with Gasteiger partial charge < -0.3 is 10.2 Å². The molecule has 1 aromatic rings. The predicted molar refractivity (Wildman–Crippen MR) is 79.2 cm³/mol. The monoisotopic (exact) mass is 246 g/mol. The SMILES string of the molecule is Cc1ccc(N(C)CC2(C(C)C)CCNC2)cc1. The molecule has 2 rings (SSSR count).